The molecule has 1 atom stereocenters. The fraction of sp³-hybridized carbons (Fsp3) is 0.250. The number of aliphatic hydroxyl groups is 1. The first-order valence-electron chi connectivity index (χ1n) is 6.38. The second-order valence-electron chi connectivity index (χ2n) is 5.01. The van der Waals surface area contributed by atoms with Gasteiger partial charge in [-0.2, -0.15) is 0 Å². The average Bonchev–Trinajstić information content (AvgIpc) is 3.25. The van der Waals surface area contributed by atoms with Crippen molar-refractivity contribution >= 4 is 23.2 Å². The van der Waals surface area contributed by atoms with E-state index in [-0.39, 0.29) is 0 Å². The van der Waals surface area contributed by atoms with Gasteiger partial charge in [-0.05, 0) is 48.1 Å². The van der Waals surface area contributed by atoms with Crippen molar-refractivity contribution in [3.8, 4) is 0 Å². The monoisotopic (exact) mass is 292 g/mol. The minimum atomic E-state index is -0.732. The average molecular weight is 293 g/mol. The summed E-state index contributed by atoms with van der Waals surface area (Å²) in [5.41, 5.74) is 2.82. The second kappa shape index (κ2) is 5.16. The van der Waals surface area contributed by atoms with E-state index in [0.717, 1.165) is 5.56 Å². The molecule has 1 saturated carbocycles. The van der Waals surface area contributed by atoms with Gasteiger partial charge in [-0.1, -0.05) is 47.5 Å². The molecule has 1 nitrogen and oxygen atoms in total. The summed E-state index contributed by atoms with van der Waals surface area (Å²) < 4.78 is 0. The maximum atomic E-state index is 10.5. The first kappa shape index (κ1) is 13.0. The number of hydrogen-bond acceptors (Lipinski definition) is 1. The van der Waals surface area contributed by atoms with Gasteiger partial charge in [0.25, 0.3) is 0 Å². The summed E-state index contributed by atoms with van der Waals surface area (Å²) in [4.78, 5) is 0. The normalized spacial score (nSPS) is 16.4. The lowest BCUT2D eigenvalue weighted by atomic mass is 9.98. The van der Waals surface area contributed by atoms with Crippen LogP contribution in [0.15, 0.2) is 42.5 Å². The number of benzene rings is 2. The van der Waals surface area contributed by atoms with E-state index in [1.54, 1.807) is 18.2 Å². The van der Waals surface area contributed by atoms with E-state index in [1.807, 2.05) is 12.1 Å². The Labute approximate surface area is 122 Å². The van der Waals surface area contributed by atoms with Crippen molar-refractivity contribution in [3.63, 3.8) is 0 Å². The molecule has 0 heterocycles. The van der Waals surface area contributed by atoms with E-state index in [0.29, 0.717) is 21.5 Å². The Balaban J connectivity index is 1.96. The summed E-state index contributed by atoms with van der Waals surface area (Å²) >= 11 is 12.1. The van der Waals surface area contributed by atoms with Gasteiger partial charge >= 0.3 is 0 Å². The molecular weight excluding hydrogens is 279 g/mol. The Morgan fingerprint density at radius 3 is 2.58 bits per heavy atom. The zero-order valence-electron chi connectivity index (χ0n) is 10.3. The molecule has 1 fully saturated rings. The maximum absolute atomic E-state index is 10.5. The smallest absolute Gasteiger partial charge is 0.106 e. The van der Waals surface area contributed by atoms with Gasteiger partial charge in [0.15, 0.2) is 0 Å². The molecule has 1 N–H and O–H groups in total. The Kier molecular flexibility index (Phi) is 3.53. The Hall–Kier alpha value is -1.02. The van der Waals surface area contributed by atoms with Gasteiger partial charge in [-0.3, -0.25) is 0 Å². The predicted octanol–water partition coefficient (Wildman–Crippen LogP) is 4.95. The van der Waals surface area contributed by atoms with Crippen molar-refractivity contribution in [2.75, 3.05) is 0 Å². The lowest BCUT2D eigenvalue weighted by molar-refractivity contribution is 0.220. The van der Waals surface area contributed by atoms with Gasteiger partial charge in [0.1, 0.15) is 6.10 Å². The maximum Gasteiger partial charge on any atom is 0.106 e. The van der Waals surface area contributed by atoms with E-state index >= 15 is 0 Å². The third kappa shape index (κ3) is 2.79. The molecule has 0 amide bonds. The highest BCUT2D eigenvalue weighted by Crippen LogP contribution is 2.41. The van der Waals surface area contributed by atoms with Crippen LogP contribution in [0.2, 0.25) is 10.0 Å². The number of rotatable bonds is 3. The molecule has 1 aliphatic rings. The molecule has 0 aromatic heterocycles. The van der Waals surface area contributed by atoms with Crippen LogP contribution in [0, 0.1) is 0 Å². The molecule has 2 aromatic rings. The van der Waals surface area contributed by atoms with Gasteiger partial charge in [-0.25, -0.2) is 0 Å². The highest BCUT2D eigenvalue weighted by molar-refractivity contribution is 6.33. The van der Waals surface area contributed by atoms with Crippen molar-refractivity contribution in [2.24, 2.45) is 0 Å². The fourth-order valence-corrected chi connectivity index (χ4v) is 2.70. The van der Waals surface area contributed by atoms with Crippen LogP contribution in [0.25, 0.3) is 0 Å². The molecule has 0 radical (unpaired) electrons. The molecule has 19 heavy (non-hydrogen) atoms. The SMILES string of the molecule is OC(c1cccc(C2CC2)c1)c1cc(Cl)ccc1Cl. The summed E-state index contributed by atoms with van der Waals surface area (Å²) in [6.07, 6.45) is 1.76. The van der Waals surface area contributed by atoms with E-state index in [1.165, 1.54) is 18.4 Å². The molecule has 98 valence electrons. The quantitative estimate of drug-likeness (QED) is 0.848. The molecule has 2 aromatic carbocycles. The van der Waals surface area contributed by atoms with Crippen molar-refractivity contribution in [1.29, 1.82) is 0 Å². The first-order chi connectivity index (χ1) is 9.15. The van der Waals surface area contributed by atoms with E-state index in [9.17, 15) is 5.11 Å². The predicted molar refractivity (Wildman–Crippen MR) is 78.9 cm³/mol. The van der Waals surface area contributed by atoms with Gasteiger partial charge < -0.3 is 5.11 Å². The molecular formula is C16H14Cl2O. The van der Waals surface area contributed by atoms with Crippen LogP contribution in [-0.2, 0) is 0 Å². The van der Waals surface area contributed by atoms with E-state index < -0.39 is 6.10 Å². The van der Waals surface area contributed by atoms with Crippen molar-refractivity contribution in [3.05, 3.63) is 69.2 Å². The standard InChI is InChI=1S/C16H14Cl2O/c17-13-6-7-15(18)14(9-13)16(19)12-3-1-2-11(8-12)10-4-5-10/h1-3,6-10,16,19H,4-5H2. The highest BCUT2D eigenvalue weighted by atomic mass is 35.5. The Morgan fingerprint density at radius 1 is 1.05 bits per heavy atom. The topological polar surface area (TPSA) is 20.2 Å². The summed E-state index contributed by atoms with van der Waals surface area (Å²) in [7, 11) is 0. The van der Waals surface area contributed by atoms with Crippen molar-refractivity contribution in [2.45, 2.75) is 24.9 Å². The van der Waals surface area contributed by atoms with E-state index in [4.69, 9.17) is 23.2 Å². The number of aliphatic hydroxyl groups excluding tert-OH is 1. The van der Waals surface area contributed by atoms with Gasteiger partial charge in [0, 0.05) is 15.6 Å². The zero-order valence-corrected chi connectivity index (χ0v) is 11.8. The van der Waals surface area contributed by atoms with Crippen LogP contribution in [-0.4, -0.2) is 5.11 Å². The molecule has 3 heteroatoms. The third-order valence-electron chi connectivity index (χ3n) is 3.53. The van der Waals surface area contributed by atoms with Crippen LogP contribution in [0.1, 0.15) is 41.6 Å². The molecule has 1 aliphatic carbocycles. The highest BCUT2D eigenvalue weighted by Gasteiger charge is 2.24. The summed E-state index contributed by atoms with van der Waals surface area (Å²) in [5.74, 6) is 0.669. The van der Waals surface area contributed by atoms with Gasteiger partial charge in [0.2, 0.25) is 0 Å². The van der Waals surface area contributed by atoms with Crippen LogP contribution < -0.4 is 0 Å². The Bertz CT molecular complexity index is 605. The molecule has 0 spiro atoms. The first-order valence-corrected chi connectivity index (χ1v) is 7.13. The fourth-order valence-electron chi connectivity index (χ4n) is 2.30. The van der Waals surface area contributed by atoms with Crippen LogP contribution in [0.5, 0.6) is 0 Å². The van der Waals surface area contributed by atoms with Crippen LogP contribution in [0.3, 0.4) is 0 Å². The van der Waals surface area contributed by atoms with Crippen LogP contribution in [0.4, 0.5) is 0 Å². The zero-order chi connectivity index (χ0) is 13.4. The van der Waals surface area contributed by atoms with E-state index in [2.05, 4.69) is 12.1 Å². The second-order valence-corrected chi connectivity index (χ2v) is 5.86. The molecule has 3 rings (SSSR count). The lowest BCUT2D eigenvalue weighted by Crippen LogP contribution is -2.01. The van der Waals surface area contributed by atoms with Crippen molar-refractivity contribution in [1.82, 2.24) is 0 Å². The Morgan fingerprint density at radius 2 is 1.84 bits per heavy atom. The number of hydrogen-bond donors (Lipinski definition) is 1. The summed E-state index contributed by atoms with van der Waals surface area (Å²) in [5, 5.41) is 11.6. The third-order valence-corrected chi connectivity index (χ3v) is 4.11. The van der Waals surface area contributed by atoms with Gasteiger partial charge in [-0.15, -0.1) is 0 Å². The molecule has 0 bridgehead atoms. The van der Waals surface area contributed by atoms with Crippen molar-refractivity contribution < 1.29 is 5.11 Å². The molecule has 1 unspecified atom stereocenters. The lowest BCUT2D eigenvalue weighted by Gasteiger charge is -2.14. The van der Waals surface area contributed by atoms with Crippen LogP contribution >= 0.6 is 23.2 Å². The number of halogens is 2. The molecule has 0 aliphatic heterocycles. The molecule has 0 saturated heterocycles. The summed E-state index contributed by atoms with van der Waals surface area (Å²) in [6, 6.07) is 13.3. The van der Waals surface area contributed by atoms with Gasteiger partial charge in [0.05, 0.1) is 0 Å². The minimum absolute atomic E-state index is 0.536. The summed E-state index contributed by atoms with van der Waals surface area (Å²) in [6.45, 7) is 0. The largest absolute Gasteiger partial charge is 0.384 e. The minimum Gasteiger partial charge on any atom is -0.384 e.